The van der Waals surface area contributed by atoms with Gasteiger partial charge in [-0.05, 0) is 31.4 Å². The minimum absolute atomic E-state index is 0.115. The standard InChI is InChI=1S/C16H22O5/c1-3-20-14(16(19)21-4-2)11-13-7-5-12(6-8-13)9-10-15(17)18/h5-8,14H,3-4,9-11H2,1-2H3,(H,17,18)/t14-/m0/s1. The summed E-state index contributed by atoms with van der Waals surface area (Å²) in [5.41, 5.74) is 1.92. The van der Waals surface area contributed by atoms with Gasteiger partial charge in [0.1, 0.15) is 0 Å². The summed E-state index contributed by atoms with van der Waals surface area (Å²) in [6, 6.07) is 7.55. The van der Waals surface area contributed by atoms with Crippen molar-refractivity contribution in [2.45, 2.75) is 39.2 Å². The van der Waals surface area contributed by atoms with Crippen LogP contribution in [0.2, 0.25) is 0 Å². The topological polar surface area (TPSA) is 72.8 Å². The van der Waals surface area contributed by atoms with Gasteiger partial charge >= 0.3 is 11.9 Å². The van der Waals surface area contributed by atoms with Gasteiger partial charge < -0.3 is 14.6 Å². The number of aliphatic carboxylic acids is 1. The number of carbonyl (C=O) groups is 2. The van der Waals surface area contributed by atoms with Crippen molar-refractivity contribution in [3.8, 4) is 0 Å². The van der Waals surface area contributed by atoms with Crippen molar-refractivity contribution in [1.82, 2.24) is 0 Å². The van der Waals surface area contributed by atoms with Gasteiger partial charge in [0.05, 0.1) is 6.61 Å². The van der Waals surface area contributed by atoms with Gasteiger partial charge in [0.15, 0.2) is 6.10 Å². The van der Waals surface area contributed by atoms with Crippen molar-refractivity contribution in [3.05, 3.63) is 35.4 Å². The molecule has 0 heterocycles. The summed E-state index contributed by atoms with van der Waals surface area (Å²) in [6.07, 6.45) is 0.470. The normalized spacial score (nSPS) is 11.9. The molecule has 0 amide bonds. The Morgan fingerprint density at radius 3 is 2.24 bits per heavy atom. The zero-order chi connectivity index (χ0) is 15.7. The number of rotatable bonds is 9. The number of hydrogen-bond acceptors (Lipinski definition) is 4. The zero-order valence-corrected chi connectivity index (χ0v) is 12.5. The molecule has 0 aliphatic carbocycles. The molecule has 1 rings (SSSR count). The maximum absolute atomic E-state index is 11.8. The average molecular weight is 294 g/mol. The monoisotopic (exact) mass is 294 g/mol. The lowest BCUT2D eigenvalue weighted by Gasteiger charge is -2.15. The first kappa shape index (κ1) is 17.2. The molecular weight excluding hydrogens is 272 g/mol. The van der Waals surface area contributed by atoms with Crippen LogP contribution in [-0.4, -0.2) is 36.4 Å². The van der Waals surface area contributed by atoms with Gasteiger partial charge in [0, 0.05) is 19.4 Å². The number of benzene rings is 1. The van der Waals surface area contributed by atoms with Crippen LogP contribution >= 0.6 is 0 Å². The molecule has 0 aliphatic rings. The van der Waals surface area contributed by atoms with Crippen LogP contribution < -0.4 is 0 Å². The fourth-order valence-electron chi connectivity index (χ4n) is 1.95. The second kappa shape index (κ2) is 9.13. The maximum atomic E-state index is 11.8. The van der Waals surface area contributed by atoms with E-state index in [-0.39, 0.29) is 12.4 Å². The minimum Gasteiger partial charge on any atom is -0.481 e. The van der Waals surface area contributed by atoms with E-state index in [0.29, 0.717) is 26.1 Å². The molecule has 0 spiro atoms. The number of carboxylic acid groups (broad SMARTS) is 1. The molecule has 0 fully saturated rings. The molecule has 0 bridgehead atoms. The number of carboxylic acids is 1. The Labute approximate surface area is 124 Å². The SMILES string of the molecule is CCOC(=O)[C@H](Cc1ccc(CCC(=O)O)cc1)OCC. The van der Waals surface area contributed by atoms with Gasteiger partial charge in [0.25, 0.3) is 0 Å². The van der Waals surface area contributed by atoms with Crippen LogP contribution in [0.15, 0.2) is 24.3 Å². The Morgan fingerprint density at radius 1 is 1.10 bits per heavy atom. The molecule has 0 radical (unpaired) electrons. The fourth-order valence-corrected chi connectivity index (χ4v) is 1.95. The molecule has 5 heteroatoms. The summed E-state index contributed by atoms with van der Waals surface area (Å²) in [5.74, 6) is -1.16. The van der Waals surface area contributed by atoms with Crippen molar-refractivity contribution >= 4 is 11.9 Å². The predicted octanol–water partition coefficient (Wildman–Crippen LogP) is 2.21. The smallest absolute Gasteiger partial charge is 0.335 e. The number of esters is 1. The molecule has 1 atom stereocenters. The summed E-state index contributed by atoms with van der Waals surface area (Å²) < 4.78 is 10.4. The minimum atomic E-state index is -0.808. The lowest BCUT2D eigenvalue weighted by Crippen LogP contribution is -2.29. The van der Waals surface area contributed by atoms with Crippen molar-refractivity contribution in [2.24, 2.45) is 0 Å². The molecule has 116 valence electrons. The molecule has 0 saturated carbocycles. The van der Waals surface area contributed by atoms with Gasteiger partial charge in [-0.1, -0.05) is 24.3 Å². The molecule has 0 unspecified atom stereocenters. The molecular formula is C16H22O5. The Kier molecular flexibility index (Phi) is 7.46. The summed E-state index contributed by atoms with van der Waals surface area (Å²) in [5, 5.41) is 8.65. The first-order valence-corrected chi connectivity index (χ1v) is 7.14. The van der Waals surface area contributed by atoms with E-state index in [4.69, 9.17) is 14.6 Å². The Balaban J connectivity index is 2.62. The van der Waals surface area contributed by atoms with Crippen LogP contribution in [0, 0.1) is 0 Å². The van der Waals surface area contributed by atoms with Crippen molar-refractivity contribution in [2.75, 3.05) is 13.2 Å². The predicted molar refractivity (Wildman–Crippen MR) is 78.1 cm³/mol. The van der Waals surface area contributed by atoms with E-state index < -0.39 is 12.1 Å². The van der Waals surface area contributed by atoms with Crippen LogP contribution in [0.5, 0.6) is 0 Å². The molecule has 5 nitrogen and oxygen atoms in total. The van der Waals surface area contributed by atoms with E-state index in [9.17, 15) is 9.59 Å². The quantitative estimate of drug-likeness (QED) is 0.707. The first-order chi connectivity index (χ1) is 10.1. The Morgan fingerprint density at radius 2 is 1.71 bits per heavy atom. The third-order valence-corrected chi connectivity index (χ3v) is 2.99. The zero-order valence-electron chi connectivity index (χ0n) is 12.5. The lowest BCUT2D eigenvalue weighted by atomic mass is 10.0. The van der Waals surface area contributed by atoms with Gasteiger partial charge in [-0.15, -0.1) is 0 Å². The van der Waals surface area contributed by atoms with Gasteiger partial charge in [-0.3, -0.25) is 4.79 Å². The van der Waals surface area contributed by atoms with Crippen LogP contribution in [0.4, 0.5) is 0 Å². The van der Waals surface area contributed by atoms with Crippen molar-refractivity contribution < 1.29 is 24.2 Å². The number of ether oxygens (including phenoxy) is 2. The number of carbonyl (C=O) groups excluding carboxylic acids is 1. The molecule has 0 saturated heterocycles. The highest BCUT2D eigenvalue weighted by Crippen LogP contribution is 2.11. The van der Waals surface area contributed by atoms with Gasteiger partial charge in [0.2, 0.25) is 0 Å². The number of aryl methyl sites for hydroxylation is 1. The average Bonchev–Trinajstić information content (AvgIpc) is 2.46. The molecule has 1 aromatic rings. The summed E-state index contributed by atoms with van der Waals surface area (Å²) in [4.78, 5) is 22.3. The van der Waals surface area contributed by atoms with Crippen molar-refractivity contribution in [3.63, 3.8) is 0 Å². The highest BCUT2D eigenvalue weighted by Gasteiger charge is 2.20. The van der Waals surface area contributed by atoms with Gasteiger partial charge in [-0.2, -0.15) is 0 Å². The van der Waals surface area contributed by atoms with Gasteiger partial charge in [-0.25, -0.2) is 4.79 Å². The van der Waals surface area contributed by atoms with E-state index in [1.54, 1.807) is 6.92 Å². The molecule has 0 aromatic heterocycles. The lowest BCUT2D eigenvalue weighted by molar-refractivity contribution is -0.156. The third-order valence-electron chi connectivity index (χ3n) is 2.99. The summed E-state index contributed by atoms with van der Waals surface area (Å²) >= 11 is 0. The van der Waals surface area contributed by atoms with Crippen LogP contribution in [0.1, 0.15) is 31.4 Å². The fraction of sp³-hybridized carbons (Fsp3) is 0.500. The Hall–Kier alpha value is -1.88. The molecule has 1 N–H and O–H groups in total. The van der Waals surface area contributed by atoms with E-state index in [1.165, 1.54) is 0 Å². The van der Waals surface area contributed by atoms with Crippen LogP contribution in [0.25, 0.3) is 0 Å². The highest BCUT2D eigenvalue weighted by molar-refractivity contribution is 5.75. The Bertz CT molecular complexity index is 452. The highest BCUT2D eigenvalue weighted by atomic mass is 16.6. The second-order valence-electron chi connectivity index (χ2n) is 4.61. The molecule has 0 aliphatic heterocycles. The maximum Gasteiger partial charge on any atom is 0.335 e. The van der Waals surface area contributed by atoms with E-state index >= 15 is 0 Å². The second-order valence-corrected chi connectivity index (χ2v) is 4.61. The van der Waals surface area contributed by atoms with E-state index in [1.807, 2.05) is 31.2 Å². The third kappa shape index (κ3) is 6.40. The molecule has 21 heavy (non-hydrogen) atoms. The summed E-state index contributed by atoms with van der Waals surface area (Å²) in [6.45, 7) is 4.37. The van der Waals surface area contributed by atoms with E-state index in [0.717, 1.165) is 11.1 Å². The summed E-state index contributed by atoms with van der Waals surface area (Å²) in [7, 11) is 0. The van der Waals surface area contributed by atoms with Crippen LogP contribution in [-0.2, 0) is 31.9 Å². The van der Waals surface area contributed by atoms with Crippen LogP contribution in [0.3, 0.4) is 0 Å². The molecule has 1 aromatic carbocycles. The first-order valence-electron chi connectivity index (χ1n) is 7.14. The largest absolute Gasteiger partial charge is 0.481 e. The number of hydrogen-bond donors (Lipinski definition) is 1. The van der Waals surface area contributed by atoms with E-state index in [2.05, 4.69) is 0 Å². The van der Waals surface area contributed by atoms with Crippen molar-refractivity contribution in [1.29, 1.82) is 0 Å².